The lowest BCUT2D eigenvalue weighted by molar-refractivity contribution is -0.122. The highest BCUT2D eigenvalue weighted by atomic mass is 16.5. The van der Waals surface area contributed by atoms with Crippen molar-refractivity contribution >= 4 is 34.0 Å². The molecule has 6 nitrogen and oxygen atoms in total. The second-order valence-corrected chi connectivity index (χ2v) is 7.77. The Morgan fingerprint density at radius 3 is 2.76 bits per heavy atom. The number of hydrogen-bond donors (Lipinski definition) is 1. The Kier molecular flexibility index (Phi) is 3.84. The van der Waals surface area contributed by atoms with Gasteiger partial charge >= 0.3 is 0 Å². The number of ether oxygens (including phenoxy) is 1. The van der Waals surface area contributed by atoms with E-state index >= 15 is 0 Å². The summed E-state index contributed by atoms with van der Waals surface area (Å²) < 4.78 is 12.0. The van der Waals surface area contributed by atoms with E-state index in [1.165, 1.54) is 5.56 Å². The summed E-state index contributed by atoms with van der Waals surface area (Å²) in [6.07, 6.45) is 0.0972. The van der Waals surface area contributed by atoms with Gasteiger partial charge in [-0.3, -0.25) is 4.79 Å². The predicted molar refractivity (Wildman–Crippen MR) is 113 cm³/mol. The van der Waals surface area contributed by atoms with Crippen LogP contribution in [0.1, 0.15) is 41.9 Å². The van der Waals surface area contributed by atoms with E-state index in [1.807, 2.05) is 38.1 Å². The molecule has 2 aliphatic rings. The number of rotatable bonds is 1. The number of benzene rings is 2. The molecular formula is C23H21N3O3. The van der Waals surface area contributed by atoms with E-state index in [-0.39, 0.29) is 5.91 Å². The molecule has 0 saturated carbocycles. The third kappa shape index (κ3) is 2.83. The van der Waals surface area contributed by atoms with Crippen molar-refractivity contribution in [3.05, 3.63) is 58.3 Å². The van der Waals surface area contributed by atoms with E-state index in [2.05, 4.69) is 28.5 Å². The minimum Gasteiger partial charge on any atom is -0.479 e. The molecule has 3 heterocycles. The molecule has 2 aliphatic heterocycles. The summed E-state index contributed by atoms with van der Waals surface area (Å²) in [6.45, 7) is 7.79. The average molecular weight is 387 g/mol. The first-order valence-corrected chi connectivity index (χ1v) is 9.67. The van der Waals surface area contributed by atoms with Gasteiger partial charge in [0.15, 0.2) is 11.9 Å². The summed E-state index contributed by atoms with van der Waals surface area (Å²) in [5, 5.41) is 12.9. The number of nitrogens with zero attached hydrogens (tertiary/aromatic N) is 2. The molecule has 0 saturated heterocycles. The molecule has 1 amide bonds. The maximum Gasteiger partial charge on any atom is 0.265 e. The Bertz CT molecular complexity index is 1250. The number of carbonyl (C=O) groups excluding carboxylic acids is 1. The van der Waals surface area contributed by atoms with E-state index in [0.717, 1.165) is 33.4 Å². The first kappa shape index (κ1) is 17.7. The molecule has 0 bridgehead atoms. The van der Waals surface area contributed by atoms with Crippen molar-refractivity contribution in [1.82, 2.24) is 0 Å². The van der Waals surface area contributed by atoms with E-state index in [4.69, 9.17) is 9.15 Å². The maximum atomic E-state index is 12.0. The smallest absolute Gasteiger partial charge is 0.265 e. The van der Waals surface area contributed by atoms with Crippen LogP contribution in [0.2, 0.25) is 0 Å². The summed E-state index contributed by atoms with van der Waals surface area (Å²) in [4.78, 5) is 12.0. The Morgan fingerprint density at radius 2 is 1.93 bits per heavy atom. The topological polar surface area (TPSA) is 76.2 Å². The minimum atomic E-state index is -0.541. The summed E-state index contributed by atoms with van der Waals surface area (Å²) >= 11 is 0. The van der Waals surface area contributed by atoms with Gasteiger partial charge in [0.1, 0.15) is 17.0 Å². The molecule has 0 aliphatic carbocycles. The van der Waals surface area contributed by atoms with Crippen LogP contribution >= 0.6 is 0 Å². The van der Waals surface area contributed by atoms with Gasteiger partial charge in [0.05, 0.1) is 5.69 Å². The first-order chi connectivity index (χ1) is 13.9. The number of nitrogens with one attached hydrogen (secondary N) is 1. The predicted octanol–water partition coefficient (Wildman–Crippen LogP) is 4.54. The molecule has 1 atom stereocenters. The van der Waals surface area contributed by atoms with Crippen LogP contribution in [0.15, 0.2) is 45.0 Å². The van der Waals surface area contributed by atoms with Gasteiger partial charge in [0.25, 0.3) is 5.91 Å². The highest BCUT2D eigenvalue weighted by Crippen LogP contribution is 2.36. The number of fused-ring (bicyclic) bond motifs is 3. The molecule has 5 rings (SSSR count). The van der Waals surface area contributed by atoms with Crippen molar-refractivity contribution in [2.24, 2.45) is 10.2 Å². The fourth-order valence-electron chi connectivity index (χ4n) is 3.89. The van der Waals surface area contributed by atoms with Crippen molar-refractivity contribution in [1.29, 1.82) is 0 Å². The van der Waals surface area contributed by atoms with E-state index in [9.17, 15) is 4.79 Å². The Morgan fingerprint density at radius 1 is 1.10 bits per heavy atom. The fourth-order valence-corrected chi connectivity index (χ4v) is 3.89. The highest BCUT2D eigenvalue weighted by molar-refractivity contribution is 6.16. The Labute approximate surface area is 168 Å². The molecular weight excluding hydrogens is 366 g/mol. The van der Waals surface area contributed by atoms with Gasteiger partial charge in [-0.1, -0.05) is 11.6 Å². The summed E-state index contributed by atoms with van der Waals surface area (Å²) in [6, 6.07) is 10.0. The summed E-state index contributed by atoms with van der Waals surface area (Å²) in [5.41, 5.74) is 7.22. The molecule has 1 aromatic heterocycles. The third-order valence-electron chi connectivity index (χ3n) is 5.47. The van der Waals surface area contributed by atoms with Gasteiger partial charge in [-0.25, -0.2) is 0 Å². The molecule has 3 aromatic rings. The van der Waals surface area contributed by atoms with Crippen LogP contribution in [0.25, 0.3) is 11.0 Å². The summed E-state index contributed by atoms with van der Waals surface area (Å²) in [7, 11) is 0. The number of aryl methyl sites for hydroxylation is 2. The number of carbonyl (C=O) groups is 1. The molecule has 2 aromatic carbocycles. The molecule has 0 spiro atoms. The molecule has 146 valence electrons. The summed E-state index contributed by atoms with van der Waals surface area (Å²) in [5.74, 6) is 1.19. The lowest BCUT2D eigenvalue weighted by Crippen LogP contribution is -2.34. The van der Waals surface area contributed by atoms with Crippen molar-refractivity contribution in [3.63, 3.8) is 0 Å². The van der Waals surface area contributed by atoms with Crippen LogP contribution in [-0.4, -0.2) is 23.4 Å². The molecule has 1 unspecified atom stereocenters. The van der Waals surface area contributed by atoms with Gasteiger partial charge in [-0.05, 0) is 57.5 Å². The third-order valence-corrected chi connectivity index (χ3v) is 5.47. The fraction of sp³-hybridized carbons (Fsp3) is 0.261. The molecule has 0 fully saturated rings. The van der Waals surface area contributed by atoms with Crippen LogP contribution in [0.4, 0.5) is 5.69 Å². The van der Waals surface area contributed by atoms with Crippen molar-refractivity contribution in [3.8, 4) is 5.75 Å². The van der Waals surface area contributed by atoms with Crippen molar-refractivity contribution in [2.75, 3.05) is 5.32 Å². The lowest BCUT2D eigenvalue weighted by Gasteiger charge is -2.25. The molecule has 6 heteroatoms. The number of amides is 1. The number of furan rings is 1. The van der Waals surface area contributed by atoms with Gasteiger partial charge in [0.2, 0.25) is 0 Å². The van der Waals surface area contributed by atoms with Crippen LogP contribution in [0.5, 0.6) is 5.75 Å². The van der Waals surface area contributed by atoms with Crippen LogP contribution in [0, 0.1) is 13.8 Å². The van der Waals surface area contributed by atoms with Crippen LogP contribution in [0.3, 0.4) is 0 Å². The largest absolute Gasteiger partial charge is 0.479 e. The van der Waals surface area contributed by atoms with Gasteiger partial charge in [0, 0.05) is 28.6 Å². The normalized spacial score (nSPS) is 18.2. The Hall–Kier alpha value is -3.41. The van der Waals surface area contributed by atoms with E-state index < -0.39 is 6.10 Å². The second-order valence-electron chi connectivity index (χ2n) is 7.77. The zero-order valence-electron chi connectivity index (χ0n) is 16.8. The zero-order chi connectivity index (χ0) is 20.3. The number of hydrogen-bond acceptors (Lipinski definition) is 5. The lowest BCUT2D eigenvalue weighted by atomic mass is 9.94. The highest BCUT2D eigenvalue weighted by Gasteiger charge is 2.28. The van der Waals surface area contributed by atoms with Crippen LogP contribution < -0.4 is 10.1 Å². The Balaban J connectivity index is 1.72. The standard InChI is InChI=1S/C23H21N3O3/c1-11-5-6-19-16(7-11)13(3)22(29-19)21-17-10-20-18(24-23(27)14(4)28-20)9-15(17)8-12(2)25-26-21/h5-7,9-10,14H,8H2,1-4H3,(H,24,27). The maximum absolute atomic E-state index is 12.0. The van der Waals surface area contributed by atoms with Gasteiger partial charge in [-0.15, -0.1) is 5.10 Å². The van der Waals surface area contributed by atoms with E-state index in [0.29, 0.717) is 29.3 Å². The molecule has 0 radical (unpaired) electrons. The van der Waals surface area contributed by atoms with Gasteiger partial charge in [-0.2, -0.15) is 5.10 Å². The second kappa shape index (κ2) is 6.30. The van der Waals surface area contributed by atoms with E-state index in [1.54, 1.807) is 6.92 Å². The molecule has 1 N–H and O–H groups in total. The van der Waals surface area contributed by atoms with Crippen molar-refractivity contribution < 1.29 is 13.9 Å². The monoisotopic (exact) mass is 387 g/mol. The van der Waals surface area contributed by atoms with Crippen LogP contribution in [-0.2, 0) is 11.2 Å². The average Bonchev–Trinajstić information content (AvgIpc) is 2.90. The quantitative estimate of drug-likeness (QED) is 0.666. The zero-order valence-corrected chi connectivity index (χ0v) is 16.8. The van der Waals surface area contributed by atoms with Crippen molar-refractivity contribution in [2.45, 2.75) is 40.2 Å². The first-order valence-electron chi connectivity index (χ1n) is 9.67. The SMILES string of the molecule is CC1=NN=C(c2oc3ccc(C)cc3c2C)c2cc3c(cc2C1)NC(=O)C(C)O3. The molecule has 29 heavy (non-hydrogen) atoms. The van der Waals surface area contributed by atoms with Gasteiger partial charge < -0.3 is 14.5 Å². The number of anilines is 1. The minimum absolute atomic E-state index is 0.145.